The Morgan fingerprint density at radius 1 is 0.963 bits per heavy atom. The first kappa shape index (κ1) is 24.3. The van der Waals surface area contributed by atoms with Crippen LogP contribution in [0.1, 0.15) is 26.7 Å². The summed E-state index contributed by atoms with van der Waals surface area (Å²) in [6, 6.07) is -3.88. The number of aliphatic hydroxyl groups excluding tert-OH is 1. The van der Waals surface area contributed by atoms with Gasteiger partial charge in [0, 0.05) is 6.42 Å². The first-order valence-electron chi connectivity index (χ1n) is 8.25. The maximum atomic E-state index is 12.3. The fraction of sp³-hybridized carbons (Fsp3) is 0.667. The molecule has 27 heavy (non-hydrogen) atoms. The molecular weight excluding hydrogens is 362 g/mol. The second-order valence-electron chi connectivity index (χ2n) is 6.14. The molecule has 0 bridgehead atoms. The van der Waals surface area contributed by atoms with Crippen LogP contribution in [0.5, 0.6) is 0 Å². The molecule has 0 radical (unpaired) electrons. The van der Waals surface area contributed by atoms with Gasteiger partial charge in [0.1, 0.15) is 18.1 Å². The fourth-order valence-corrected chi connectivity index (χ4v) is 2.04. The van der Waals surface area contributed by atoms with Gasteiger partial charge in [-0.3, -0.25) is 19.2 Å². The lowest BCUT2D eigenvalue weighted by atomic mass is 10.0. The molecular formula is C15H27N5O7. The van der Waals surface area contributed by atoms with E-state index in [1.807, 2.05) is 0 Å². The van der Waals surface area contributed by atoms with Crippen molar-refractivity contribution in [2.45, 2.75) is 44.8 Å². The van der Waals surface area contributed by atoms with Crippen LogP contribution in [0.15, 0.2) is 0 Å². The van der Waals surface area contributed by atoms with Crippen molar-refractivity contribution in [2.75, 3.05) is 13.2 Å². The molecule has 154 valence electrons. The average molecular weight is 389 g/mol. The van der Waals surface area contributed by atoms with Crippen molar-refractivity contribution in [1.82, 2.24) is 16.0 Å². The SMILES string of the molecule is CC(C)C(NC(=O)CN)C(=O)NC(CO)C(=O)NC(CCC(N)=O)C(=O)O. The van der Waals surface area contributed by atoms with Gasteiger partial charge in [-0.1, -0.05) is 13.8 Å². The summed E-state index contributed by atoms with van der Waals surface area (Å²) in [4.78, 5) is 57.8. The summed E-state index contributed by atoms with van der Waals surface area (Å²) in [7, 11) is 0. The van der Waals surface area contributed by atoms with Gasteiger partial charge in [0.05, 0.1) is 13.2 Å². The van der Waals surface area contributed by atoms with Crippen LogP contribution in [0.4, 0.5) is 0 Å². The molecule has 0 aromatic rings. The minimum absolute atomic E-state index is 0.246. The Morgan fingerprint density at radius 3 is 1.93 bits per heavy atom. The number of carbonyl (C=O) groups is 5. The van der Waals surface area contributed by atoms with Gasteiger partial charge < -0.3 is 37.6 Å². The number of primary amides is 1. The number of hydrogen-bond acceptors (Lipinski definition) is 7. The third-order valence-corrected chi connectivity index (χ3v) is 3.56. The van der Waals surface area contributed by atoms with Crippen molar-refractivity contribution in [3.8, 4) is 0 Å². The first-order chi connectivity index (χ1) is 12.5. The van der Waals surface area contributed by atoms with Crippen molar-refractivity contribution in [1.29, 1.82) is 0 Å². The van der Waals surface area contributed by atoms with Crippen LogP contribution in [0.25, 0.3) is 0 Å². The van der Waals surface area contributed by atoms with Crippen LogP contribution < -0.4 is 27.4 Å². The lowest BCUT2D eigenvalue weighted by Crippen LogP contribution is -2.58. The highest BCUT2D eigenvalue weighted by atomic mass is 16.4. The van der Waals surface area contributed by atoms with E-state index >= 15 is 0 Å². The topological polar surface area (TPSA) is 214 Å². The van der Waals surface area contributed by atoms with E-state index in [-0.39, 0.29) is 25.3 Å². The Hall–Kier alpha value is -2.73. The molecule has 4 amide bonds. The van der Waals surface area contributed by atoms with Crippen LogP contribution in [0.2, 0.25) is 0 Å². The van der Waals surface area contributed by atoms with Gasteiger partial charge in [-0.05, 0) is 12.3 Å². The third kappa shape index (κ3) is 8.96. The van der Waals surface area contributed by atoms with Crippen molar-refractivity contribution < 1.29 is 34.2 Å². The summed E-state index contributed by atoms with van der Waals surface area (Å²) >= 11 is 0. The molecule has 0 saturated carbocycles. The van der Waals surface area contributed by atoms with E-state index in [1.54, 1.807) is 13.8 Å². The lowest BCUT2D eigenvalue weighted by molar-refractivity contribution is -0.143. The Labute approximate surface area is 156 Å². The average Bonchev–Trinajstić information content (AvgIpc) is 2.59. The molecule has 0 heterocycles. The zero-order valence-corrected chi connectivity index (χ0v) is 15.2. The standard InChI is InChI=1S/C15H27N5O7/c1-7(2)12(20-11(23)5-16)14(25)19-9(6-21)13(24)18-8(15(26)27)3-4-10(17)22/h7-9,12,21H,3-6,16H2,1-2H3,(H2,17,22)(H,18,24)(H,19,25)(H,20,23)(H,26,27). The summed E-state index contributed by atoms with van der Waals surface area (Å²) in [5.41, 5.74) is 10.1. The van der Waals surface area contributed by atoms with E-state index in [0.29, 0.717) is 0 Å². The highest BCUT2D eigenvalue weighted by Gasteiger charge is 2.30. The Balaban J connectivity index is 5.03. The quantitative estimate of drug-likeness (QED) is 0.176. The molecule has 3 unspecified atom stereocenters. The van der Waals surface area contributed by atoms with Gasteiger partial charge in [-0.25, -0.2) is 4.79 Å². The monoisotopic (exact) mass is 389 g/mol. The minimum atomic E-state index is -1.45. The Morgan fingerprint density at radius 2 is 1.52 bits per heavy atom. The van der Waals surface area contributed by atoms with Crippen LogP contribution in [0, 0.1) is 5.92 Å². The number of carboxylic acid groups (broad SMARTS) is 1. The second kappa shape index (κ2) is 11.8. The fourth-order valence-electron chi connectivity index (χ4n) is 2.04. The third-order valence-electron chi connectivity index (χ3n) is 3.56. The summed E-state index contributed by atoms with van der Waals surface area (Å²) < 4.78 is 0. The molecule has 0 spiro atoms. The summed E-state index contributed by atoms with van der Waals surface area (Å²) in [5.74, 6) is -4.77. The van der Waals surface area contributed by atoms with Crippen LogP contribution in [-0.2, 0) is 24.0 Å². The number of nitrogens with one attached hydrogen (secondary N) is 3. The minimum Gasteiger partial charge on any atom is -0.480 e. The maximum absolute atomic E-state index is 12.3. The van der Waals surface area contributed by atoms with Crippen molar-refractivity contribution in [3.05, 3.63) is 0 Å². The van der Waals surface area contributed by atoms with E-state index in [9.17, 15) is 29.1 Å². The summed E-state index contributed by atoms with van der Waals surface area (Å²) in [6.45, 7) is 2.16. The molecule has 12 nitrogen and oxygen atoms in total. The van der Waals surface area contributed by atoms with Crippen molar-refractivity contribution >= 4 is 29.6 Å². The number of amides is 4. The molecule has 0 rings (SSSR count). The number of carbonyl (C=O) groups excluding carboxylic acids is 4. The highest BCUT2D eigenvalue weighted by molar-refractivity contribution is 5.93. The van der Waals surface area contributed by atoms with Crippen molar-refractivity contribution in [3.63, 3.8) is 0 Å². The number of aliphatic hydroxyl groups is 1. The predicted octanol–water partition coefficient (Wildman–Crippen LogP) is -3.60. The molecule has 0 saturated heterocycles. The highest BCUT2D eigenvalue weighted by Crippen LogP contribution is 2.03. The summed E-state index contributed by atoms with van der Waals surface area (Å²) in [5, 5.41) is 25.2. The Bertz CT molecular complexity index is 567. The van der Waals surface area contributed by atoms with Crippen LogP contribution in [0.3, 0.4) is 0 Å². The number of hydrogen-bond donors (Lipinski definition) is 7. The predicted molar refractivity (Wildman–Crippen MR) is 92.8 cm³/mol. The molecule has 0 fully saturated rings. The number of nitrogens with two attached hydrogens (primary N) is 2. The lowest BCUT2D eigenvalue weighted by Gasteiger charge is -2.25. The van der Waals surface area contributed by atoms with Gasteiger partial charge in [0.15, 0.2) is 0 Å². The van der Waals surface area contributed by atoms with E-state index in [2.05, 4.69) is 16.0 Å². The Kier molecular flexibility index (Phi) is 10.6. The molecule has 0 aromatic heterocycles. The number of rotatable bonds is 12. The van der Waals surface area contributed by atoms with Gasteiger partial charge in [0.25, 0.3) is 0 Å². The normalized spacial score (nSPS) is 14.0. The van der Waals surface area contributed by atoms with E-state index < -0.39 is 54.3 Å². The van der Waals surface area contributed by atoms with Gasteiger partial charge in [-0.15, -0.1) is 0 Å². The van der Waals surface area contributed by atoms with Crippen molar-refractivity contribution in [2.24, 2.45) is 17.4 Å². The second-order valence-corrected chi connectivity index (χ2v) is 6.14. The summed E-state index contributed by atoms with van der Waals surface area (Å²) in [6.07, 6.45) is -0.516. The number of aliphatic carboxylic acids is 1. The van der Waals surface area contributed by atoms with E-state index in [1.165, 1.54) is 0 Å². The molecule has 9 N–H and O–H groups in total. The molecule has 0 aliphatic heterocycles. The maximum Gasteiger partial charge on any atom is 0.326 e. The first-order valence-corrected chi connectivity index (χ1v) is 8.25. The molecule has 0 aromatic carbocycles. The van der Waals surface area contributed by atoms with Crippen LogP contribution >= 0.6 is 0 Å². The molecule has 0 aliphatic rings. The zero-order chi connectivity index (χ0) is 21.1. The largest absolute Gasteiger partial charge is 0.480 e. The smallest absolute Gasteiger partial charge is 0.326 e. The molecule has 3 atom stereocenters. The molecule has 12 heteroatoms. The molecule has 0 aliphatic carbocycles. The van der Waals surface area contributed by atoms with Crippen LogP contribution in [-0.4, -0.2) is 71.1 Å². The van der Waals surface area contributed by atoms with E-state index in [4.69, 9.17) is 16.6 Å². The van der Waals surface area contributed by atoms with Gasteiger partial charge in [0.2, 0.25) is 23.6 Å². The zero-order valence-electron chi connectivity index (χ0n) is 15.2. The number of carboxylic acids is 1. The van der Waals surface area contributed by atoms with Gasteiger partial charge in [-0.2, -0.15) is 0 Å². The van der Waals surface area contributed by atoms with E-state index in [0.717, 1.165) is 0 Å². The van der Waals surface area contributed by atoms with Gasteiger partial charge >= 0.3 is 5.97 Å².